The number of piperidine rings is 1. The molecule has 0 aromatic carbocycles. The van der Waals surface area contributed by atoms with Gasteiger partial charge >= 0.3 is 0 Å². The van der Waals surface area contributed by atoms with E-state index in [0.717, 1.165) is 32.2 Å². The smallest absolute Gasteiger partial charge is 0.0897 e. The third-order valence-corrected chi connectivity index (χ3v) is 4.09. The molecule has 0 atom stereocenters. The average Bonchev–Trinajstić information content (AvgIpc) is 2.73. The summed E-state index contributed by atoms with van der Waals surface area (Å²) >= 11 is 1.75. The van der Waals surface area contributed by atoms with Crippen molar-refractivity contribution in [3.8, 4) is 0 Å². The van der Waals surface area contributed by atoms with Gasteiger partial charge in [-0.15, -0.1) is 11.3 Å². The van der Waals surface area contributed by atoms with Crippen molar-refractivity contribution in [2.75, 3.05) is 19.6 Å². The maximum absolute atomic E-state index is 4.55. The molecule has 0 radical (unpaired) electrons. The van der Waals surface area contributed by atoms with Crippen LogP contribution in [0.15, 0.2) is 5.38 Å². The van der Waals surface area contributed by atoms with E-state index in [0.29, 0.717) is 0 Å². The van der Waals surface area contributed by atoms with Gasteiger partial charge in [-0.05, 0) is 39.4 Å². The van der Waals surface area contributed by atoms with Gasteiger partial charge in [0.2, 0.25) is 0 Å². The summed E-state index contributed by atoms with van der Waals surface area (Å²) in [6.07, 6.45) is 2.55. The summed E-state index contributed by atoms with van der Waals surface area (Å²) in [6.45, 7) is 8.80. The number of aromatic nitrogens is 1. The first kappa shape index (κ1) is 12.0. The van der Waals surface area contributed by atoms with Gasteiger partial charge in [0.1, 0.15) is 0 Å². The summed E-state index contributed by atoms with van der Waals surface area (Å²) in [4.78, 5) is 7.12. The van der Waals surface area contributed by atoms with Crippen molar-refractivity contribution < 1.29 is 0 Å². The van der Waals surface area contributed by atoms with Gasteiger partial charge in [0.25, 0.3) is 0 Å². The number of nitrogens with zero attached hydrogens (tertiary/aromatic N) is 2. The van der Waals surface area contributed by atoms with E-state index < -0.39 is 0 Å². The molecule has 1 aliphatic heterocycles. The lowest BCUT2D eigenvalue weighted by molar-refractivity contribution is 0.160. The van der Waals surface area contributed by atoms with Crippen molar-refractivity contribution in [3.63, 3.8) is 0 Å². The highest BCUT2D eigenvalue weighted by molar-refractivity contribution is 7.09. The van der Waals surface area contributed by atoms with E-state index in [-0.39, 0.29) is 0 Å². The molecule has 0 amide bonds. The van der Waals surface area contributed by atoms with E-state index in [2.05, 4.69) is 34.4 Å². The number of hydrogen-bond donors (Lipinski definition) is 1. The molecule has 2 rings (SSSR count). The van der Waals surface area contributed by atoms with Gasteiger partial charge in [0, 0.05) is 18.0 Å². The minimum Gasteiger partial charge on any atom is -0.317 e. The van der Waals surface area contributed by atoms with E-state index >= 15 is 0 Å². The fourth-order valence-corrected chi connectivity index (χ4v) is 2.96. The third kappa shape index (κ3) is 3.03. The molecule has 0 saturated carbocycles. The standard InChI is InChI=1S/C12H21N3S/c1-3-15(12-4-6-13-7-5-12)8-11-9-16-10(2)14-11/h9,12-13H,3-8H2,1-2H3. The van der Waals surface area contributed by atoms with E-state index in [1.54, 1.807) is 11.3 Å². The molecule has 0 bridgehead atoms. The van der Waals surface area contributed by atoms with Crippen LogP contribution in [-0.4, -0.2) is 35.6 Å². The van der Waals surface area contributed by atoms with Crippen molar-refractivity contribution in [2.45, 2.75) is 39.3 Å². The summed E-state index contributed by atoms with van der Waals surface area (Å²) in [5.41, 5.74) is 1.24. The van der Waals surface area contributed by atoms with E-state index in [1.807, 2.05) is 0 Å². The lowest BCUT2D eigenvalue weighted by Crippen LogP contribution is -2.42. The number of hydrogen-bond acceptors (Lipinski definition) is 4. The van der Waals surface area contributed by atoms with Gasteiger partial charge in [0.15, 0.2) is 0 Å². The second kappa shape index (κ2) is 5.75. The Morgan fingerprint density at radius 1 is 1.50 bits per heavy atom. The SMILES string of the molecule is CCN(Cc1csc(C)n1)C1CCNCC1. The fraction of sp³-hybridized carbons (Fsp3) is 0.750. The van der Waals surface area contributed by atoms with Gasteiger partial charge in [-0.1, -0.05) is 6.92 Å². The Hall–Kier alpha value is -0.450. The summed E-state index contributed by atoms with van der Waals surface area (Å²) in [5, 5.41) is 6.79. The molecular formula is C12H21N3S. The van der Waals surface area contributed by atoms with Crippen LogP contribution in [0.2, 0.25) is 0 Å². The molecule has 0 unspecified atom stereocenters. The lowest BCUT2D eigenvalue weighted by Gasteiger charge is -2.33. The Labute approximate surface area is 102 Å². The molecule has 1 aromatic heterocycles. The summed E-state index contributed by atoms with van der Waals surface area (Å²) in [5.74, 6) is 0. The first-order valence-corrected chi connectivity index (χ1v) is 7.03. The Bertz CT molecular complexity index is 318. The first-order chi connectivity index (χ1) is 7.79. The molecule has 2 heterocycles. The molecule has 3 nitrogen and oxygen atoms in total. The molecule has 90 valence electrons. The fourth-order valence-electron chi connectivity index (χ4n) is 2.36. The van der Waals surface area contributed by atoms with Crippen LogP contribution in [0.5, 0.6) is 0 Å². The van der Waals surface area contributed by atoms with Crippen LogP contribution in [0.4, 0.5) is 0 Å². The number of thiazole rings is 1. The number of aryl methyl sites for hydroxylation is 1. The van der Waals surface area contributed by atoms with Crippen LogP contribution in [0.25, 0.3) is 0 Å². The quantitative estimate of drug-likeness (QED) is 0.871. The molecule has 1 saturated heterocycles. The molecule has 0 spiro atoms. The highest BCUT2D eigenvalue weighted by Crippen LogP contribution is 2.16. The normalized spacial score (nSPS) is 18.2. The van der Waals surface area contributed by atoms with Crippen LogP contribution < -0.4 is 5.32 Å². The van der Waals surface area contributed by atoms with Crippen molar-refractivity contribution in [1.82, 2.24) is 15.2 Å². The molecule has 1 aliphatic rings. The lowest BCUT2D eigenvalue weighted by atomic mass is 10.0. The molecular weight excluding hydrogens is 218 g/mol. The van der Waals surface area contributed by atoms with Crippen LogP contribution in [0.3, 0.4) is 0 Å². The van der Waals surface area contributed by atoms with Crippen LogP contribution >= 0.6 is 11.3 Å². The second-order valence-electron chi connectivity index (χ2n) is 4.40. The topological polar surface area (TPSA) is 28.2 Å². The zero-order valence-corrected chi connectivity index (χ0v) is 11.0. The van der Waals surface area contributed by atoms with Gasteiger partial charge in [-0.25, -0.2) is 4.98 Å². The minimum atomic E-state index is 0.744. The third-order valence-electron chi connectivity index (χ3n) is 3.26. The summed E-state index contributed by atoms with van der Waals surface area (Å²) < 4.78 is 0. The number of rotatable bonds is 4. The zero-order chi connectivity index (χ0) is 11.4. The van der Waals surface area contributed by atoms with Crippen molar-refractivity contribution in [1.29, 1.82) is 0 Å². The predicted molar refractivity (Wildman–Crippen MR) is 68.8 cm³/mol. The molecule has 1 fully saturated rings. The first-order valence-electron chi connectivity index (χ1n) is 6.15. The van der Waals surface area contributed by atoms with Crippen LogP contribution in [-0.2, 0) is 6.54 Å². The van der Waals surface area contributed by atoms with E-state index in [4.69, 9.17) is 0 Å². The highest BCUT2D eigenvalue weighted by atomic mass is 32.1. The molecule has 1 aromatic rings. The van der Waals surface area contributed by atoms with Crippen LogP contribution in [0, 0.1) is 6.92 Å². The average molecular weight is 239 g/mol. The predicted octanol–water partition coefficient (Wildman–Crippen LogP) is 2.03. The summed E-state index contributed by atoms with van der Waals surface area (Å²) in [7, 11) is 0. The van der Waals surface area contributed by atoms with Gasteiger partial charge in [0.05, 0.1) is 10.7 Å². The monoisotopic (exact) mass is 239 g/mol. The Morgan fingerprint density at radius 3 is 2.81 bits per heavy atom. The largest absolute Gasteiger partial charge is 0.317 e. The molecule has 0 aliphatic carbocycles. The maximum atomic E-state index is 4.55. The zero-order valence-electron chi connectivity index (χ0n) is 10.2. The molecule has 4 heteroatoms. The van der Waals surface area contributed by atoms with Crippen LogP contribution in [0.1, 0.15) is 30.5 Å². The van der Waals surface area contributed by atoms with E-state index in [1.165, 1.54) is 23.5 Å². The highest BCUT2D eigenvalue weighted by Gasteiger charge is 2.20. The number of nitrogens with one attached hydrogen (secondary N) is 1. The van der Waals surface area contributed by atoms with Gasteiger partial charge in [-0.3, -0.25) is 4.90 Å². The Kier molecular flexibility index (Phi) is 4.32. The van der Waals surface area contributed by atoms with Crippen molar-refractivity contribution in [3.05, 3.63) is 16.1 Å². The maximum Gasteiger partial charge on any atom is 0.0897 e. The molecule has 16 heavy (non-hydrogen) atoms. The molecule has 1 N–H and O–H groups in total. The Morgan fingerprint density at radius 2 is 2.25 bits per heavy atom. The second-order valence-corrected chi connectivity index (χ2v) is 5.46. The Balaban J connectivity index is 1.94. The summed E-state index contributed by atoms with van der Waals surface area (Å²) in [6, 6.07) is 0.744. The minimum absolute atomic E-state index is 0.744. The van der Waals surface area contributed by atoms with Gasteiger partial charge in [-0.2, -0.15) is 0 Å². The van der Waals surface area contributed by atoms with E-state index in [9.17, 15) is 0 Å². The van der Waals surface area contributed by atoms with Gasteiger partial charge < -0.3 is 5.32 Å². The van der Waals surface area contributed by atoms with Crippen molar-refractivity contribution in [2.24, 2.45) is 0 Å². The van der Waals surface area contributed by atoms with Crippen molar-refractivity contribution >= 4 is 11.3 Å².